The maximum atomic E-state index is 11.4. The number of furan rings is 2. The van der Waals surface area contributed by atoms with Crippen molar-refractivity contribution in [3.63, 3.8) is 0 Å². The van der Waals surface area contributed by atoms with Gasteiger partial charge in [0.2, 0.25) is 11.5 Å². The van der Waals surface area contributed by atoms with E-state index in [9.17, 15) is 9.59 Å². The molecule has 4 rings (SSSR count). The SMILES string of the molecule is CCOC(=O)c1cc2cc(Br)ccc2o1.O=C(O)c1cc2cc(Br)ccc2o1. The monoisotopic (exact) mass is 508 g/mol. The number of carbonyl (C=O) groups is 2. The molecule has 0 bridgehead atoms. The smallest absolute Gasteiger partial charge is 0.374 e. The molecule has 2 heterocycles. The highest BCUT2D eigenvalue weighted by atomic mass is 79.9. The van der Waals surface area contributed by atoms with Crippen LogP contribution < -0.4 is 0 Å². The number of esters is 1. The number of carbonyl (C=O) groups excluding carboxylic acids is 1. The highest BCUT2D eigenvalue weighted by molar-refractivity contribution is 9.10. The van der Waals surface area contributed by atoms with Gasteiger partial charge in [-0.05, 0) is 55.5 Å². The molecule has 0 aliphatic rings. The molecule has 1 N–H and O–H groups in total. The fourth-order valence-corrected chi connectivity index (χ4v) is 3.19. The number of rotatable bonds is 3. The third kappa shape index (κ3) is 4.63. The fourth-order valence-electron chi connectivity index (χ4n) is 2.44. The summed E-state index contributed by atoms with van der Waals surface area (Å²) in [6, 6.07) is 14.1. The van der Waals surface area contributed by atoms with Gasteiger partial charge in [0.15, 0.2) is 0 Å². The highest BCUT2D eigenvalue weighted by Crippen LogP contribution is 2.24. The van der Waals surface area contributed by atoms with Crippen molar-refractivity contribution in [1.82, 2.24) is 0 Å². The van der Waals surface area contributed by atoms with Gasteiger partial charge in [-0.15, -0.1) is 0 Å². The number of hydrogen-bond acceptors (Lipinski definition) is 5. The lowest BCUT2D eigenvalue weighted by atomic mass is 10.2. The summed E-state index contributed by atoms with van der Waals surface area (Å²) < 4.78 is 17.1. The van der Waals surface area contributed by atoms with Crippen molar-refractivity contribution in [2.45, 2.75) is 6.92 Å². The van der Waals surface area contributed by atoms with E-state index in [1.807, 2.05) is 24.3 Å². The van der Waals surface area contributed by atoms with Crippen LogP contribution in [0.15, 0.2) is 66.3 Å². The second-order valence-electron chi connectivity index (χ2n) is 5.61. The van der Waals surface area contributed by atoms with E-state index >= 15 is 0 Å². The van der Waals surface area contributed by atoms with E-state index in [4.69, 9.17) is 18.7 Å². The molecule has 0 unspecified atom stereocenters. The Bertz CT molecular complexity index is 1160. The van der Waals surface area contributed by atoms with Gasteiger partial charge >= 0.3 is 11.9 Å². The summed E-state index contributed by atoms with van der Waals surface area (Å²) in [5, 5.41) is 10.3. The van der Waals surface area contributed by atoms with Gasteiger partial charge in [0, 0.05) is 19.7 Å². The normalized spacial score (nSPS) is 10.5. The van der Waals surface area contributed by atoms with E-state index in [2.05, 4.69) is 31.9 Å². The number of hydrogen-bond donors (Lipinski definition) is 1. The van der Waals surface area contributed by atoms with E-state index in [0.717, 1.165) is 19.7 Å². The Morgan fingerprint density at radius 3 is 1.89 bits per heavy atom. The molecule has 0 aliphatic carbocycles. The van der Waals surface area contributed by atoms with Crippen molar-refractivity contribution in [2.24, 2.45) is 0 Å². The lowest BCUT2D eigenvalue weighted by Gasteiger charge is -1.95. The maximum absolute atomic E-state index is 11.4. The van der Waals surface area contributed by atoms with E-state index in [-0.39, 0.29) is 11.5 Å². The van der Waals surface area contributed by atoms with Crippen LogP contribution in [0.2, 0.25) is 0 Å². The molecule has 6 nitrogen and oxygen atoms in total. The zero-order valence-electron chi connectivity index (χ0n) is 14.6. The highest BCUT2D eigenvalue weighted by Gasteiger charge is 2.13. The molecule has 0 aliphatic heterocycles. The van der Waals surface area contributed by atoms with Crippen LogP contribution in [-0.2, 0) is 4.74 Å². The molecule has 0 spiro atoms. The van der Waals surface area contributed by atoms with Crippen molar-refractivity contribution in [3.05, 3.63) is 69.0 Å². The van der Waals surface area contributed by atoms with Crippen LogP contribution in [0.4, 0.5) is 0 Å². The molecule has 0 amide bonds. The Hall–Kier alpha value is -2.58. The third-order valence-electron chi connectivity index (χ3n) is 3.64. The fraction of sp³-hybridized carbons (Fsp3) is 0.100. The topological polar surface area (TPSA) is 89.9 Å². The second kappa shape index (κ2) is 8.62. The molecule has 2 aromatic carbocycles. The molecular formula is C20H14Br2O6. The van der Waals surface area contributed by atoms with E-state index < -0.39 is 11.9 Å². The number of carboxylic acid groups (broad SMARTS) is 1. The van der Waals surface area contributed by atoms with Gasteiger partial charge in [-0.3, -0.25) is 0 Å². The summed E-state index contributed by atoms with van der Waals surface area (Å²) in [5.41, 5.74) is 1.27. The minimum atomic E-state index is -1.05. The summed E-state index contributed by atoms with van der Waals surface area (Å²) >= 11 is 6.64. The second-order valence-corrected chi connectivity index (χ2v) is 7.44. The lowest BCUT2D eigenvalue weighted by molar-refractivity contribution is 0.0492. The van der Waals surface area contributed by atoms with Gasteiger partial charge in [0.25, 0.3) is 0 Å². The van der Waals surface area contributed by atoms with Crippen LogP contribution in [0.3, 0.4) is 0 Å². The molecule has 0 fully saturated rings. The van der Waals surface area contributed by atoms with Gasteiger partial charge in [-0.1, -0.05) is 31.9 Å². The number of carboxylic acids is 1. The molecule has 2 aromatic heterocycles. The standard InChI is InChI=1S/C11H9BrO3.C9H5BrO3/c1-2-14-11(13)10-6-7-5-8(12)3-4-9(7)15-10;10-6-1-2-7-5(3-6)4-8(13-7)9(11)12/h3-6H,2H2,1H3;1-4H,(H,11,12). The first kappa shape index (κ1) is 20.2. The van der Waals surface area contributed by atoms with Gasteiger partial charge in [0.05, 0.1) is 6.61 Å². The number of halogens is 2. The molecule has 144 valence electrons. The average Bonchev–Trinajstić information content (AvgIpc) is 3.25. The van der Waals surface area contributed by atoms with Crippen LogP contribution in [-0.4, -0.2) is 23.7 Å². The molecule has 4 aromatic rings. The lowest BCUT2D eigenvalue weighted by Crippen LogP contribution is -2.02. The predicted octanol–water partition coefficient (Wildman–Crippen LogP) is 6.27. The summed E-state index contributed by atoms with van der Waals surface area (Å²) in [4.78, 5) is 21.9. The number of ether oxygens (including phenoxy) is 1. The Morgan fingerprint density at radius 2 is 1.39 bits per heavy atom. The minimum absolute atomic E-state index is 0.0342. The number of fused-ring (bicyclic) bond motifs is 2. The van der Waals surface area contributed by atoms with Crippen molar-refractivity contribution >= 4 is 65.7 Å². The van der Waals surface area contributed by atoms with Crippen LogP contribution >= 0.6 is 31.9 Å². The van der Waals surface area contributed by atoms with Crippen molar-refractivity contribution in [2.75, 3.05) is 6.61 Å². The van der Waals surface area contributed by atoms with E-state index in [1.165, 1.54) is 6.07 Å². The zero-order chi connectivity index (χ0) is 20.3. The summed E-state index contributed by atoms with van der Waals surface area (Å²) in [6.45, 7) is 2.11. The zero-order valence-corrected chi connectivity index (χ0v) is 17.7. The quantitative estimate of drug-likeness (QED) is 0.327. The van der Waals surface area contributed by atoms with Crippen LogP contribution in [0.5, 0.6) is 0 Å². The van der Waals surface area contributed by atoms with Crippen molar-refractivity contribution in [3.8, 4) is 0 Å². The molecule has 0 saturated carbocycles. The summed E-state index contributed by atoms with van der Waals surface area (Å²) in [5.74, 6) is -1.27. The number of aromatic carboxylic acids is 1. The van der Waals surface area contributed by atoms with E-state index in [1.54, 1.807) is 25.1 Å². The first-order valence-corrected chi connectivity index (χ1v) is 9.74. The molecule has 8 heteroatoms. The molecule has 0 radical (unpaired) electrons. The largest absolute Gasteiger partial charge is 0.475 e. The van der Waals surface area contributed by atoms with Gasteiger partial charge < -0.3 is 18.7 Å². The Balaban J connectivity index is 0.000000162. The van der Waals surface area contributed by atoms with Gasteiger partial charge in [-0.2, -0.15) is 0 Å². The molecule has 0 saturated heterocycles. The number of benzene rings is 2. The van der Waals surface area contributed by atoms with Crippen molar-refractivity contribution < 1.29 is 28.3 Å². The van der Waals surface area contributed by atoms with Crippen LogP contribution in [0.25, 0.3) is 21.9 Å². The average molecular weight is 510 g/mol. The Morgan fingerprint density at radius 1 is 0.893 bits per heavy atom. The third-order valence-corrected chi connectivity index (χ3v) is 4.63. The Labute approximate surface area is 176 Å². The van der Waals surface area contributed by atoms with Gasteiger partial charge in [0.1, 0.15) is 11.2 Å². The first-order valence-electron chi connectivity index (χ1n) is 8.16. The van der Waals surface area contributed by atoms with Gasteiger partial charge in [-0.25, -0.2) is 9.59 Å². The summed E-state index contributed by atoms with van der Waals surface area (Å²) in [7, 11) is 0. The summed E-state index contributed by atoms with van der Waals surface area (Å²) in [6.07, 6.45) is 0. The van der Waals surface area contributed by atoms with Crippen LogP contribution in [0.1, 0.15) is 28.0 Å². The van der Waals surface area contributed by atoms with E-state index in [0.29, 0.717) is 17.8 Å². The van der Waals surface area contributed by atoms with Crippen molar-refractivity contribution in [1.29, 1.82) is 0 Å². The maximum Gasteiger partial charge on any atom is 0.374 e. The minimum Gasteiger partial charge on any atom is -0.475 e. The Kier molecular flexibility index (Phi) is 6.21. The molecule has 28 heavy (non-hydrogen) atoms. The predicted molar refractivity (Wildman–Crippen MR) is 111 cm³/mol. The molecular weight excluding hydrogens is 496 g/mol. The molecule has 0 atom stereocenters. The first-order chi connectivity index (χ1) is 13.4. The van der Waals surface area contributed by atoms with Crippen LogP contribution in [0, 0.1) is 0 Å².